The normalized spacial score (nSPS) is 31.2. The van der Waals surface area contributed by atoms with E-state index in [1.54, 1.807) is 0 Å². The maximum absolute atomic E-state index is 12.2. The summed E-state index contributed by atoms with van der Waals surface area (Å²) in [4.78, 5) is 25.2. The second-order valence-corrected chi connectivity index (χ2v) is 5.79. The van der Waals surface area contributed by atoms with Crippen LogP contribution in [0, 0.1) is 11.8 Å². The number of carboxylic acid groups (broad SMARTS) is 1. The van der Waals surface area contributed by atoms with Gasteiger partial charge in [-0.2, -0.15) is 0 Å². The van der Waals surface area contributed by atoms with Crippen LogP contribution in [0.5, 0.6) is 0 Å². The number of carbonyl (C=O) groups excluding carboxylic acids is 1. The van der Waals surface area contributed by atoms with Crippen molar-refractivity contribution in [2.75, 3.05) is 13.1 Å². The first-order chi connectivity index (χ1) is 9.11. The zero-order chi connectivity index (χ0) is 13.8. The number of carbonyl (C=O) groups is 2. The van der Waals surface area contributed by atoms with E-state index < -0.39 is 11.9 Å². The van der Waals surface area contributed by atoms with E-state index in [2.05, 4.69) is 12.2 Å². The molecule has 2 N–H and O–H groups in total. The Hall–Kier alpha value is -1.26. The second-order valence-electron chi connectivity index (χ2n) is 5.79. The van der Waals surface area contributed by atoms with Crippen molar-refractivity contribution >= 4 is 12.0 Å². The standard InChI is InChI=1S/C14H24N2O3/c1-2-10-5-4-8-16(9-10)14(19)15-12-7-3-6-11(12)13(17)18/h10-12H,2-9H2,1H3,(H,15,19)(H,17,18). The summed E-state index contributed by atoms with van der Waals surface area (Å²) < 4.78 is 0. The quantitative estimate of drug-likeness (QED) is 0.823. The number of aliphatic carboxylic acids is 1. The zero-order valence-electron chi connectivity index (χ0n) is 11.6. The van der Waals surface area contributed by atoms with E-state index >= 15 is 0 Å². The van der Waals surface area contributed by atoms with E-state index in [-0.39, 0.29) is 12.1 Å². The van der Waals surface area contributed by atoms with Crippen LogP contribution in [-0.2, 0) is 4.79 Å². The first kappa shape index (κ1) is 14.2. The maximum atomic E-state index is 12.2. The van der Waals surface area contributed by atoms with E-state index in [0.29, 0.717) is 12.3 Å². The lowest BCUT2D eigenvalue weighted by Gasteiger charge is -2.33. The third-order valence-electron chi connectivity index (χ3n) is 4.53. The predicted octanol–water partition coefficient (Wildman–Crippen LogP) is 2.07. The van der Waals surface area contributed by atoms with Gasteiger partial charge in [0.1, 0.15) is 0 Å². The maximum Gasteiger partial charge on any atom is 0.317 e. The molecule has 1 heterocycles. The van der Waals surface area contributed by atoms with E-state index in [0.717, 1.165) is 38.8 Å². The first-order valence-electron chi connectivity index (χ1n) is 7.40. The average Bonchev–Trinajstić information content (AvgIpc) is 2.87. The van der Waals surface area contributed by atoms with Crippen LogP contribution in [0.15, 0.2) is 0 Å². The lowest BCUT2D eigenvalue weighted by Crippen LogP contribution is -2.50. The van der Waals surface area contributed by atoms with E-state index in [9.17, 15) is 9.59 Å². The minimum Gasteiger partial charge on any atom is -0.481 e. The van der Waals surface area contributed by atoms with Gasteiger partial charge in [-0.25, -0.2) is 4.79 Å². The number of rotatable bonds is 3. The fourth-order valence-electron chi connectivity index (χ4n) is 3.26. The highest BCUT2D eigenvalue weighted by molar-refractivity contribution is 5.77. The molecule has 3 atom stereocenters. The Morgan fingerprint density at radius 1 is 1.26 bits per heavy atom. The fraction of sp³-hybridized carbons (Fsp3) is 0.857. The molecule has 19 heavy (non-hydrogen) atoms. The fourth-order valence-corrected chi connectivity index (χ4v) is 3.26. The second kappa shape index (κ2) is 6.26. The van der Waals surface area contributed by atoms with Gasteiger partial charge in [0, 0.05) is 19.1 Å². The van der Waals surface area contributed by atoms with Crippen molar-refractivity contribution in [1.82, 2.24) is 10.2 Å². The number of hydrogen-bond acceptors (Lipinski definition) is 2. The Morgan fingerprint density at radius 3 is 2.74 bits per heavy atom. The summed E-state index contributed by atoms with van der Waals surface area (Å²) >= 11 is 0. The summed E-state index contributed by atoms with van der Waals surface area (Å²) in [7, 11) is 0. The molecule has 1 saturated carbocycles. The number of piperidine rings is 1. The molecule has 108 valence electrons. The Balaban J connectivity index is 1.88. The molecule has 0 bridgehead atoms. The molecule has 2 amide bonds. The SMILES string of the molecule is CCC1CCCN(C(=O)NC2CCCC2C(=O)O)C1. The first-order valence-corrected chi connectivity index (χ1v) is 7.40. The van der Waals surface area contributed by atoms with Gasteiger partial charge in [-0.1, -0.05) is 19.8 Å². The van der Waals surface area contributed by atoms with Crippen LogP contribution in [-0.4, -0.2) is 41.1 Å². The van der Waals surface area contributed by atoms with Gasteiger partial charge in [0.05, 0.1) is 5.92 Å². The van der Waals surface area contributed by atoms with E-state index in [4.69, 9.17) is 5.11 Å². The molecule has 1 aliphatic heterocycles. The molecule has 2 aliphatic rings. The van der Waals surface area contributed by atoms with Crippen LogP contribution < -0.4 is 5.32 Å². The number of nitrogens with zero attached hydrogens (tertiary/aromatic N) is 1. The Labute approximate surface area is 114 Å². The topological polar surface area (TPSA) is 69.6 Å². The van der Waals surface area contributed by atoms with Gasteiger partial charge < -0.3 is 15.3 Å². The lowest BCUT2D eigenvalue weighted by molar-refractivity contribution is -0.142. The highest BCUT2D eigenvalue weighted by Crippen LogP contribution is 2.26. The average molecular weight is 268 g/mol. The molecule has 0 radical (unpaired) electrons. The molecular weight excluding hydrogens is 244 g/mol. The van der Waals surface area contributed by atoms with Crippen LogP contribution in [0.4, 0.5) is 4.79 Å². The molecule has 0 aromatic rings. The number of likely N-dealkylation sites (tertiary alicyclic amines) is 1. The number of nitrogens with one attached hydrogen (secondary N) is 1. The van der Waals surface area contributed by atoms with Crippen LogP contribution in [0.25, 0.3) is 0 Å². The minimum atomic E-state index is -0.784. The van der Waals surface area contributed by atoms with Gasteiger partial charge in [-0.3, -0.25) is 4.79 Å². The van der Waals surface area contributed by atoms with Crippen molar-refractivity contribution in [2.24, 2.45) is 11.8 Å². The van der Waals surface area contributed by atoms with Crippen LogP contribution in [0.3, 0.4) is 0 Å². The molecular formula is C14H24N2O3. The van der Waals surface area contributed by atoms with Crippen LogP contribution >= 0.6 is 0 Å². The highest BCUT2D eigenvalue weighted by atomic mass is 16.4. The summed E-state index contributed by atoms with van der Waals surface area (Å²) in [5, 5.41) is 12.1. The van der Waals surface area contributed by atoms with Crippen molar-refractivity contribution in [2.45, 2.75) is 51.5 Å². The monoisotopic (exact) mass is 268 g/mol. The number of amides is 2. The number of carboxylic acids is 1. The summed E-state index contributed by atoms with van der Waals surface area (Å²) in [5.74, 6) is -0.595. The van der Waals surface area contributed by atoms with Crippen LogP contribution in [0.1, 0.15) is 45.4 Å². The van der Waals surface area contributed by atoms with Gasteiger partial charge in [-0.05, 0) is 31.6 Å². The molecule has 1 aliphatic carbocycles. The molecule has 0 spiro atoms. The van der Waals surface area contributed by atoms with Crippen molar-refractivity contribution in [3.05, 3.63) is 0 Å². The smallest absolute Gasteiger partial charge is 0.317 e. The van der Waals surface area contributed by atoms with Crippen molar-refractivity contribution in [3.8, 4) is 0 Å². The molecule has 3 unspecified atom stereocenters. The molecule has 1 saturated heterocycles. The summed E-state index contributed by atoms with van der Waals surface area (Å²) in [6.07, 6.45) is 5.70. The molecule has 5 heteroatoms. The third kappa shape index (κ3) is 3.39. The lowest BCUT2D eigenvalue weighted by atomic mass is 9.96. The summed E-state index contributed by atoms with van der Waals surface area (Å²) in [5.41, 5.74) is 0. The zero-order valence-corrected chi connectivity index (χ0v) is 11.6. The highest BCUT2D eigenvalue weighted by Gasteiger charge is 2.35. The third-order valence-corrected chi connectivity index (χ3v) is 4.53. The molecule has 2 rings (SSSR count). The molecule has 0 aromatic carbocycles. The van der Waals surface area contributed by atoms with Crippen molar-refractivity contribution in [3.63, 3.8) is 0 Å². The van der Waals surface area contributed by atoms with Crippen molar-refractivity contribution < 1.29 is 14.7 Å². The molecule has 2 fully saturated rings. The molecule has 0 aromatic heterocycles. The van der Waals surface area contributed by atoms with Gasteiger partial charge in [-0.15, -0.1) is 0 Å². The minimum absolute atomic E-state index is 0.0729. The van der Waals surface area contributed by atoms with Gasteiger partial charge in [0.2, 0.25) is 0 Å². The van der Waals surface area contributed by atoms with Crippen molar-refractivity contribution in [1.29, 1.82) is 0 Å². The van der Waals surface area contributed by atoms with Gasteiger partial charge in [0.25, 0.3) is 0 Å². The van der Waals surface area contributed by atoms with Crippen LogP contribution in [0.2, 0.25) is 0 Å². The van der Waals surface area contributed by atoms with Gasteiger partial charge in [0.15, 0.2) is 0 Å². The number of urea groups is 1. The van der Waals surface area contributed by atoms with E-state index in [1.165, 1.54) is 6.42 Å². The predicted molar refractivity (Wildman–Crippen MR) is 71.9 cm³/mol. The Bertz CT molecular complexity index is 346. The Kier molecular flexibility index (Phi) is 4.66. The van der Waals surface area contributed by atoms with Gasteiger partial charge >= 0.3 is 12.0 Å². The Morgan fingerprint density at radius 2 is 2.05 bits per heavy atom. The largest absolute Gasteiger partial charge is 0.481 e. The summed E-state index contributed by atoms with van der Waals surface area (Å²) in [6, 6.07) is -0.261. The molecule has 5 nitrogen and oxygen atoms in total. The summed E-state index contributed by atoms with van der Waals surface area (Å²) in [6.45, 7) is 3.77. The number of hydrogen-bond donors (Lipinski definition) is 2. The van der Waals surface area contributed by atoms with E-state index in [1.807, 2.05) is 4.90 Å².